The van der Waals surface area contributed by atoms with Crippen molar-refractivity contribution < 1.29 is 9.59 Å². The maximum atomic E-state index is 12.3. The molecule has 5 heteroatoms. The first-order valence-corrected chi connectivity index (χ1v) is 8.23. The van der Waals surface area contributed by atoms with E-state index in [2.05, 4.69) is 6.07 Å². The number of nitrogens with two attached hydrogens (primary N) is 1. The number of thioether (sulfide) groups is 1. The highest BCUT2D eigenvalue weighted by molar-refractivity contribution is 8.00. The fourth-order valence-electron chi connectivity index (χ4n) is 2.67. The first kappa shape index (κ1) is 15.9. The standard InChI is InChI=1S/C16H22N2O2S/c1-10(2)7-13(15(17)20)18-14(19)9-21-16(18)12-6-4-5-11(3)8-12/h4-6,8,10,13,16H,7,9H2,1-3H3,(H2,17,20)/t13-,16+/m1/s1. The van der Waals surface area contributed by atoms with Gasteiger partial charge in [0.1, 0.15) is 11.4 Å². The number of benzene rings is 1. The molecule has 2 atom stereocenters. The lowest BCUT2D eigenvalue weighted by Gasteiger charge is -2.32. The Kier molecular flexibility index (Phi) is 4.93. The molecule has 2 rings (SSSR count). The number of carbonyl (C=O) groups is 2. The second kappa shape index (κ2) is 6.52. The summed E-state index contributed by atoms with van der Waals surface area (Å²) in [6, 6.07) is 7.54. The van der Waals surface area contributed by atoms with Crippen molar-refractivity contribution in [3.8, 4) is 0 Å². The summed E-state index contributed by atoms with van der Waals surface area (Å²) in [5.74, 6) is 0.285. The van der Waals surface area contributed by atoms with E-state index in [1.807, 2.05) is 39.0 Å². The van der Waals surface area contributed by atoms with Crippen LogP contribution in [0.2, 0.25) is 0 Å². The van der Waals surface area contributed by atoms with Crippen LogP contribution in [-0.2, 0) is 9.59 Å². The van der Waals surface area contributed by atoms with Crippen LogP contribution in [0.15, 0.2) is 24.3 Å². The average Bonchev–Trinajstić information content (AvgIpc) is 2.77. The molecule has 1 aliphatic heterocycles. The van der Waals surface area contributed by atoms with Gasteiger partial charge >= 0.3 is 0 Å². The van der Waals surface area contributed by atoms with Crippen LogP contribution in [0.1, 0.15) is 36.8 Å². The number of nitrogens with zero attached hydrogens (tertiary/aromatic N) is 1. The summed E-state index contributed by atoms with van der Waals surface area (Å²) in [7, 11) is 0. The molecule has 1 aromatic carbocycles. The molecule has 0 aromatic heterocycles. The second-order valence-electron chi connectivity index (χ2n) is 5.93. The smallest absolute Gasteiger partial charge is 0.240 e. The quantitative estimate of drug-likeness (QED) is 0.909. The Bertz CT molecular complexity index is 545. The SMILES string of the molecule is Cc1cccc([C@@H]2SCC(=O)N2[C@H](CC(C)C)C(N)=O)c1. The third-order valence-electron chi connectivity index (χ3n) is 3.59. The number of hydrogen-bond donors (Lipinski definition) is 1. The van der Waals surface area contributed by atoms with Gasteiger partial charge in [0, 0.05) is 0 Å². The van der Waals surface area contributed by atoms with Gasteiger partial charge in [0.15, 0.2) is 0 Å². The van der Waals surface area contributed by atoms with Crippen LogP contribution in [0.25, 0.3) is 0 Å². The van der Waals surface area contributed by atoms with Crippen molar-refractivity contribution in [2.45, 2.75) is 38.6 Å². The van der Waals surface area contributed by atoms with Crippen molar-refractivity contribution in [1.82, 2.24) is 4.90 Å². The Balaban J connectivity index is 2.33. The molecule has 114 valence electrons. The fourth-order valence-corrected chi connectivity index (χ4v) is 3.88. The minimum Gasteiger partial charge on any atom is -0.368 e. The monoisotopic (exact) mass is 306 g/mol. The Morgan fingerprint density at radius 2 is 2.19 bits per heavy atom. The Morgan fingerprint density at radius 3 is 2.76 bits per heavy atom. The highest BCUT2D eigenvalue weighted by Gasteiger charge is 2.40. The van der Waals surface area contributed by atoms with Gasteiger partial charge in [-0.1, -0.05) is 43.7 Å². The highest BCUT2D eigenvalue weighted by atomic mass is 32.2. The first-order valence-electron chi connectivity index (χ1n) is 7.18. The van der Waals surface area contributed by atoms with Crippen LogP contribution in [0.5, 0.6) is 0 Å². The molecule has 0 saturated carbocycles. The number of rotatable bonds is 5. The lowest BCUT2D eigenvalue weighted by atomic mass is 10.0. The summed E-state index contributed by atoms with van der Waals surface area (Å²) in [5.41, 5.74) is 7.76. The minimum atomic E-state index is -0.530. The number of carbonyl (C=O) groups excluding carboxylic acids is 2. The summed E-state index contributed by atoms with van der Waals surface area (Å²) in [6.45, 7) is 6.09. The molecule has 21 heavy (non-hydrogen) atoms. The predicted molar refractivity (Wildman–Crippen MR) is 85.7 cm³/mol. The van der Waals surface area contributed by atoms with Crippen LogP contribution in [-0.4, -0.2) is 28.5 Å². The van der Waals surface area contributed by atoms with E-state index in [0.29, 0.717) is 18.1 Å². The zero-order chi connectivity index (χ0) is 15.6. The molecule has 0 radical (unpaired) electrons. The lowest BCUT2D eigenvalue weighted by molar-refractivity contribution is -0.137. The van der Waals surface area contributed by atoms with E-state index in [-0.39, 0.29) is 11.3 Å². The second-order valence-corrected chi connectivity index (χ2v) is 6.99. The normalized spacial score (nSPS) is 20.1. The van der Waals surface area contributed by atoms with Crippen molar-refractivity contribution in [2.24, 2.45) is 11.7 Å². The lowest BCUT2D eigenvalue weighted by Crippen LogP contribution is -2.47. The molecule has 4 nitrogen and oxygen atoms in total. The number of aryl methyl sites for hydroxylation is 1. The van der Waals surface area contributed by atoms with E-state index in [9.17, 15) is 9.59 Å². The molecule has 2 N–H and O–H groups in total. The summed E-state index contributed by atoms with van der Waals surface area (Å²) in [4.78, 5) is 25.8. The fraction of sp³-hybridized carbons (Fsp3) is 0.500. The summed E-state index contributed by atoms with van der Waals surface area (Å²) < 4.78 is 0. The number of primary amides is 1. The maximum absolute atomic E-state index is 12.3. The maximum Gasteiger partial charge on any atom is 0.240 e. The number of amides is 2. The molecule has 1 heterocycles. The van der Waals surface area contributed by atoms with Crippen molar-refractivity contribution in [1.29, 1.82) is 0 Å². The van der Waals surface area contributed by atoms with Crippen LogP contribution in [0.4, 0.5) is 0 Å². The van der Waals surface area contributed by atoms with Gasteiger partial charge in [-0.2, -0.15) is 0 Å². The van der Waals surface area contributed by atoms with Gasteiger partial charge in [0.2, 0.25) is 11.8 Å². The van der Waals surface area contributed by atoms with Gasteiger partial charge in [-0.3, -0.25) is 9.59 Å². The van der Waals surface area contributed by atoms with Crippen LogP contribution in [0, 0.1) is 12.8 Å². The molecule has 1 saturated heterocycles. The molecule has 1 fully saturated rings. The van der Waals surface area contributed by atoms with Gasteiger partial charge in [-0.05, 0) is 24.8 Å². The first-order chi connectivity index (χ1) is 9.90. The summed E-state index contributed by atoms with van der Waals surface area (Å²) in [6.07, 6.45) is 0.601. The van der Waals surface area contributed by atoms with Crippen molar-refractivity contribution in [3.63, 3.8) is 0 Å². The average molecular weight is 306 g/mol. The van der Waals surface area contributed by atoms with Gasteiger partial charge in [-0.15, -0.1) is 11.8 Å². The van der Waals surface area contributed by atoms with Gasteiger partial charge in [0.05, 0.1) is 5.75 Å². The van der Waals surface area contributed by atoms with Crippen molar-refractivity contribution in [2.75, 3.05) is 5.75 Å². The molecule has 0 spiro atoms. The Morgan fingerprint density at radius 1 is 1.48 bits per heavy atom. The Labute approximate surface area is 130 Å². The minimum absolute atomic E-state index is 0.00374. The molecule has 1 aromatic rings. The van der Waals surface area contributed by atoms with E-state index in [1.165, 1.54) is 0 Å². The van der Waals surface area contributed by atoms with Crippen LogP contribution >= 0.6 is 11.8 Å². The summed E-state index contributed by atoms with van der Waals surface area (Å²) >= 11 is 1.56. The van der Waals surface area contributed by atoms with E-state index in [1.54, 1.807) is 16.7 Å². The van der Waals surface area contributed by atoms with E-state index in [4.69, 9.17) is 5.73 Å². The molecular weight excluding hydrogens is 284 g/mol. The topological polar surface area (TPSA) is 63.4 Å². The molecule has 0 bridgehead atoms. The molecule has 1 aliphatic rings. The molecule has 0 aliphatic carbocycles. The number of hydrogen-bond acceptors (Lipinski definition) is 3. The van der Waals surface area contributed by atoms with Crippen molar-refractivity contribution in [3.05, 3.63) is 35.4 Å². The third-order valence-corrected chi connectivity index (χ3v) is 4.82. The zero-order valence-corrected chi connectivity index (χ0v) is 13.5. The molecule has 2 amide bonds. The van der Waals surface area contributed by atoms with Gasteiger partial charge in [0.25, 0.3) is 0 Å². The van der Waals surface area contributed by atoms with Crippen LogP contribution < -0.4 is 5.73 Å². The van der Waals surface area contributed by atoms with E-state index >= 15 is 0 Å². The van der Waals surface area contributed by atoms with Gasteiger partial charge < -0.3 is 10.6 Å². The van der Waals surface area contributed by atoms with Crippen molar-refractivity contribution >= 4 is 23.6 Å². The highest BCUT2D eigenvalue weighted by Crippen LogP contribution is 2.41. The molecule has 0 unspecified atom stereocenters. The van der Waals surface area contributed by atoms with Gasteiger partial charge in [-0.25, -0.2) is 0 Å². The van der Waals surface area contributed by atoms with E-state index < -0.39 is 11.9 Å². The Hall–Kier alpha value is -1.49. The van der Waals surface area contributed by atoms with Crippen LogP contribution in [0.3, 0.4) is 0 Å². The largest absolute Gasteiger partial charge is 0.368 e. The predicted octanol–water partition coefficient (Wildman–Crippen LogP) is 2.47. The zero-order valence-electron chi connectivity index (χ0n) is 12.7. The molecular formula is C16H22N2O2S. The van der Waals surface area contributed by atoms with E-state index in [0.717, 1.165) is 11.1 Å². The summed E-state index contributed by atoms with van der Waals surface area (Å²) in [5, 5.41) is -0.117. The third kappa shape index (κ3) is 3.59.